The molecular formula is C13H19N3O3. The van der Waals surface area contributed by atoms with Crippen molar-refractivity contribution < 1.29 is 14.7 Å². The van der Waals surface area contributed by atoms with E-state index in [-0.39, 0.29) is 11.8 Å². The van der Waals surface area contributed by atoms with Crippen LogP contribution in [0.2, 0.25) is 0 Å². The number of nitrogens with zero attached hydrogens (tertiary/aromatic N) is 2. The average molecular weight is 265 g/mol. The Hall–Kier alpha value is -1.85. The number of amides is 1. The largest absolute Gasteiger partial charge is 0.481 e. The van der Waals surface area contributed by atoms with Gasteiger partial charge in [-0.05, 0) is 19.3 Å². The molecule has 1 aliphatic carbocycles. The van der Waals surface area contributed by atoms with Gasteiger partial charge in [0, 0.05) is 25.5 Å². The summed E-state index contributed by atoms with van der Waals surface area (Å²) in [5.41, 5.74) is 0. The minimum atomic E-state index is -0.851. The van der Waals surface area contributed by atoms with Crippen LogP contribution in [0.3, 0.4) is 0 Å². The number of aliphatic carboxylic acids is 1. The van der Waals surface area contributed by atoms with Crippen LogP contribution in [0.4, 0.5) is 0 Å². The lowest BCUT2D eigenvalue weighted by molar-refractivity contribution is -0.146. The molecule has 1 aliphatic rings. The lowest BCUT2D eigenvalue weighted by Gasteiger charge is -2.15. The Balaban J connectivity index is 1.70. The predicted octanol–water partition coefficient (Wildman–Crippen LogP) is 0.890. The number of aromatic nitrogens is 2. The third kappa shape index (κ3) is 3.56. The van der Waals surface area contributed by atoms with Gasteiger partial charge in [0.15, 0.2) is 0 Å². The fraction of sp³-hybridized carbons (Fsp3) is 0.615. The number of hydrogen-bond acceptors (Lipinski definition) is 3. The highest BCUT2D eigenvalue weighted by Crippen LogP contribution is 2.31. The van der Waals surface area contributed by atoms with Gasteiger partial charge in [-0.25, -0.2) is 4.98 Å². The molecule has 0 spiro atoms. The van der Waals surface area contributed by atoms with Crippen LogP contribution in [0.5, 0.6) is 0 Å². The summed E-state index contributed by atoms with van der Waals surface area (Å²) >= 11 is 0. The maximum atomic E-state index is 11.9. The van der Waals surface area contributed by atoms with E-state index in [1.807, 2.05) is 10.8 Å². The van der Waals surface area contributed by atoms with E-state index in [1.54, 1.807) is 12.5 Å². The molecular weight excluding hydrogens is 246 g/mol. The van der Waals surface area contributed by atoms with Gasteiger partial charge in [-0.2, -0.15) is 0 Å². The van der Waals surface area contributed by atoms with E-state index >= 15 is 0 Å². The first kappa shape index (κ1) is 13.6. The van der Waals surface area contributed by atoms with E-state index in [1.165, 1.54) is 0 Å². The second-order valence-corrected chi connectivity index (χ2v) is 4.93. The Morgan fingerprint density at radius 3 is 2.84 bits per heavy atom. The molecule has 2 atom stereocenters. The number of carbonyl (C=O) groups excluding carboxylic acids is 1. The molecule has 1 aromatic heterocycles. The maximum Gasteiger partial charge on any atom is 0.307 e. The molecule has 1 amide bonds. The van der Waals surface area contributed by atoms with Crippen molar-refractivity contribution in [3.05, 3.63) is 18.7 Å². The first-order valence-electron chi connectivity index (χ1n) is 6.64. The summed E-state index contributed by atoms with van der Waals surface area (Å²) in [5.74, 6) is -1.83. The topological polar surface area (TPSA) is 84.2 Å². The van der Waals surface area contributed by atoms with Crippen LogP contribution in [0, 0.1) is 11.8 Å². The molecule has 1 fully saturated rings. The van der Waals surface area contributed by atoms with E-state index in [2.05, 4.69) is 10.3 Å². The van der Waals surface area contributed by atoms with Crippen LogP contribution in [0.1, 0.15) is 25.7 Å². The quantitative estimate of drug-likeness (QED) is 0.748. The maximum absolute atomic E-state index is 11.9. The molecule has 1 saturated carbocycles. The molecule has 0 aliphatic heterocycles. The first-order chi connectivity index (χ1) is 9.18. The van der Waals surface area contributed by atoms with Crippen molar-refractivity contribution in [2.24, 2.45) is 11.8 Å². The van der Waals surface area contributed by atoms with Gasteiger partial charge in [0.1, 0.15) is 0 Å². The zero-order chi connectivity index (χ0) is 13.7. The Morgan fingerprint density at radius 2 is 2.16 bits per heavy atom. The molecule has 0 radical (unpaired) electrons. The third-order valence-electron chi connectivity index (χ3n) is 3.62. The van der Waals surface area contributed by atoms with Crippen molar-refractivity contribution in [2.75, 3.05) is 6.54 Å². The molecule has 1 heterocycles. The smallest absolute Gasteiger partial charge is 0.307 e. The molecule has 104 valence electrons. The Kier molecular flexibility index (Phi) is 4.54. The van der Waals surface area contributed by atoms with Gasteiger partial charge in [-0.1, -0.05) is 6.42 Å². The second-order valence-electron chi connectivity index (χ2n) is 4.93. The number of carbonyl (C=O) groups is 2. The van der Waals surface area contributed by atoms with E-state index < -0.39 is 11.9 Å². The van der Waals surface area contributed by atoms with Crippen LogP contribution < -0.4 is 5.32 Å². The monoisotopic (exact) mass is 265 g/mol. The highest BCUT2D eigenvalue weighted by molar-refractivity contribution is 5.85. The van der Waals surface area contributed by atoms with Crippen LogP contribution in [-0.2, 0) is 16.1 Å². The zero-order valence-electron chi connectivity index (χ0n) is 10.8. The van der Waals surface area contributed by atoms with Crippen molar-refractivity contribution >= 4 is 11.9 Å². The summed E-state index contributed by atoms with van der Waals surface area (Å²) < 4.78 is 1.95. The van der Waals surface area contributed by atoms with Gasteiger partial charge in [0.2, 0.25) is 5.91 Å². The molecule has 2 unspecified atom stereocenters. The fourth-order valence-corrected chi connectivity index (χ4v) is 2.59. The van der Waals surface area contributed by atoms with Gasteiger partial charge < -0.3 is 15.0 Å². The van der Waals surface area contributed by atoms with Crippen molar-refractivity contribution in [3.63, 3.8) is 0 Å². The lowest BCUT2D eigenvalue weighted by Crippen LogP contribution is -2.36. The molecule has 6 nitrogen and oxygen atoms in total. The van der Waals surface area contributed by atoms with Crippen molar-refractivity contribution in [2.45, 2.75) is 32.2 Å². The van der Waals surface area contributed by atoms with E-state index in [4.69, 9.17) is 5.11 Å². The van der Waals surface area contributed by atoms with E-state index in [0.717, 1.165) is 19.4 Å². The van der Waals surface area contributed by atoms with Crippen molar-refractivity contribution in [1.29, 1.82) is 0 Å². The molecule has 2 N–H and O–H groups in total. The van der Waals surface area contributed by atoms with Gasteiger partial charge in [0.25, 0.3) is 0 Å². The zero-order valence-corrected chi connectivity index (χ0v) is 10.8. The average Bonchev–Trinajstić information content (AvgIpc) is 3.04. The normalized spacial score (nSPS) is 22.3. The van der Waals surface area contributed by atoms with Crippen LogP contribution in [0.25, 0.3) is 0 Å². The minimum absolute atomic E-state index is 0.115. The van der Waals surface area contributed by atoms with Gasteiger partial charge >= 0.3 is 5.97 Å². The van der Waals surface area contributed by atoms with Crippen molar-refractivity contribution in [3.8, 4) is 0 Å². The number of aryl methyl sites for hydroxylation is 1. The highest BCUT2D eigenvalue weighted by Gasteiger charge is 2.37. The lowest BCUT2D eigenvalue weighted by atomic mass is 9.95. The summed E-state index contributed by atoms with van der Waals surface area (Å²) in [6.07, 6.45) is 8.26. The Bertz CT molecular complexity index is 430. The van der Waals surface area contributed by atoms with Gasteiger partial charge in [0.05, 0.1) is 18.2 Å². The standard InChI is InChI=1S/C13H19N3O3/c17-12(10-3-1-4-11(10)13(18)19)15-5-2-7-16-8-6-14-9-16/h6,8-11H,1-5,7H2,(H,15,17)(H,18,19). The fourth-order valence-electron chi connectivity index (χ4n) is 2.59. The van der Waals surface area contributed by atoms with Gasteiger partial charge in [-0.3, -0.25) is 9.59 Å². The minimum Gasteiger partial charge on any atom is -0.481 e. The molecule has 0 aromatic carbocycles. The number of carboxylic acid groups (broad SMARTS) is 1. The number of carboxylic acids is 1. The second kappa shape index (κ2) is 6.36. The van der Waals surface area contributed by atoms with Gasteiger partial charge in [-0.15, -0.1) is 0 Å². The SMILES string of the molecule is O=C(O)C1CCCC1C(=O)NCCCn1ccnc1. The summed E-state index contributed by atoms with van der Waals surface area (Å²) in [6.45, 7) is 1.37. The van der Waals surface area contributed by atoms with Crippen LogP contribution >= 0.6 is 0 Å². The summed E-state index contributed by atoms with van der Waals surface area (Å²) in [5, 5.41) is 11.9. The summed E-state index contributed by atoms with van der Waals surface area (Å²) in [7, 11) is 0. The number of rotatable bonds is 6. The number of imidazole rings is 1. The predicted molar refractivity (Wildman–Crippen MR) is 68.3 cm³/mol. The van der Waals surface area contributed by atoms with Crippen molar-refractivity contribution in [1.82, 2.24) is 14.9 Å². The Labute approximate surface area is 111 Å². The summed E-state index contributed by atoms with van der Waals surface area (Å²) in [4.78, 5) is 26.9. The molecule has 0 bridgehead atoms. The molecule has 0 saturated heterocycles. The van der Waals surface area contributed by atoms with Crippen LogP contribution in [-0.4, -0.2) is 33.1 Å². The van der Waals surface area contributed by atoms with E-state index in [9.17, 15) is 9.59 Å². The third-order valence-corrected chi connectivity index (χ3v) is 3.62. The van der Waals surface area contributed by atoms with E-state index in [0.29, 0.717) is 19.4 Å². The van der Waals surface area contributed by atoms with Crippen LogP contribution in [0.15, 0.2) is 18.7 Å². The molecule has 1 aromatic rings. The number of nitrogens with one attached hydrogen (secondary N) is 1. The molecule has 2 rings (SSSR count). The summed E-state index contributed by atoms with van der Waals surface area (Å²) in [6, 6.07) is 0. The Morgan fingerprint density at radius 1 is 1.37 bits per heavy atom. The molecule has 19 heavy (non-hydrogen) atoms. The number of hydrogen-bond donors (Lipinski definition) is 2. The highest BCUT2D eigenvalue weighted by atomic mass is 16.4. The molecule has 6 heteroatoms. The first-order valence-corrected chi connectivity index (χ1v) is 6.64.